The second-order valence-electron chi connectivity index (χ2n) is 5.62. The van der Waals surface area contributed by atoms with E-state index in [4.69, 9.17) is 0 Å². The fourth-order valence-electron chi connectivity index (χ4n) is 1.63. The van der Waals surface area contributed by atoms with E-state index in [0.717, 1.165) is 3.57 Å². The standard InChI is InChI=1S/C14H20INO2/c1-9(14(2,3)4)16(5)13(18)11-8-10(15)6-7-12(11)17/h6-9,17H,1-5H3. The topological polar surface area (TPSA) is 40.5 Å². The minimum atomic E-state index is -0.145. The van der Waals surface area contributed by atoms with Crippen LogP contribution in [-0.4, -0.2) is 29.0 Å². The molecular weight excluding hydrogens is 341 g/mol. The zero-order chi connectivity index (χ0) is 14.1. The number of halogens is 1. The Kier molecular flexibility index (Phi) is 4.64. The summed E-state index contributed by atoms with van der Waals surface area (Å²) in [5, 5.41) is 9.79. The van der Waals surface area contributed by atoms with Crippen molar-refractivity contribution in [3.05, 3.63) is 27.3 Å². The molecule has 0 aromatic heterocycles. The van der Waals surface area contributed by atoms with E-state index in [1.807, 2.05) is 6.92 Å². The van der Waals surface area contributed by atoms with Crippen LogP contribution in [0.3, 0.4) is 0 Å². The molecule has 3 nitrogen and oxygen atoms in total. The second-order valence-corrected chi connectivity index (χ2v) is 6.87. The Hall–Kier alpha value is -0.780. The summed E-state index contributed by atoms with van der Waals surface area (Å²) in [7, 11) is 1.78. The van der Waals surface area contributed by atoms with Gasteiger partial charge in [0.2, 0.25) is 0 Å². The van der Waals surface area contributed by atoms with Gasteiger partial charge in [-0.2, -0.15) is 0 Å². The highest BCUT2D eigenvalue weighted by atomic mass is 127. The molecule has 0 aliphatic heterocycles. The Bertz CT molecular complexity index is 452. The van der Waals surface area contributed by atoms with E-state index >= 15 is 0 Å². The lowest BCUT2D eigenvalue weighted by Crippen LogP contribution is -2.43. The van der Waals surface area contributed by atoms with Crippen LogP contribution in [-0.2, 0) is 0 Å². The molecule has 0 heterocycles. The highest BCUT2D eigenvalue weighted by Gasteiger charge is 2.28. The molecule has 0 fully saturated rings. The Morgan fingerprint density at radius 1 is 1.39 bits per heavy atom. The number of nitrogens with zero attached hydrogens (tertiary/aromatic N) is 1. The first-order chi connectivity index (χ1) is 8.14. The van der Waals surface area contributed by atoms with Crippen molar-refractivity contribution in [3.63, 3.8) is 0 Å². The summed E-state index contributed by atoms with van der Waals surface area (Å²) in [6.45, 7) is 8.30. The summed E-state index contributed by atoms with van der Waals surface area (Å²) in [5.41, 5.74) is 0.364. The third-order valence-corrected chi connectivity index (χ3v) is 4.01. The largest absolute Gasteiger partial charge is 0.507 e. The second kappa shape index (κ2) is 5.47. The SMILES string of the molecule is CC(N(C)C(=O)c1cc(I)ccc1O)C(C)(C)C. The molecule has 1 amide bonds. The fraction of sp³-hybridized carbons (Fsp3) is 0.500. The van der Waals surface area contributed by atoms with E-state index in [1.165, 1.54) is 0 Å². The number of aromatic hydroxyl groups is 1. The van der Waals surface area contributed by atoms with E-state index < -0.39 is 0 Å². The molecule has 18 heavy (non-hydrogen) atoms. The van der Waals surface area contributed by atoms with Crippen LogP contribution in [0.2, 0.25) is 0 Å². The van der Waals surface area contributed by atoms with Crippen LogP contribution in [0.4, 0.5) is 0 Å². The number of hydrogen-bond acceptors (Lipinski definition) is 2. The van der Waals surface area contributed by atoms with Gasteiger partial charge in [-0.3, -0.25) is 4.79 Å². The number of rotatable bonds is 2. The lowest BCUT2D eigenvalue weighted by molar-refractivity contribution is 0.0626. The average Bonchev–Trinajstić information content (AvgIpc) is 2.28. The molecule has 0 aliphatic carbocycles. The summed E-state index contributed by atoms with van der Waals surface area (Å²) in [6.07, 6.45) is 0. The van der Waals surface area contributed by atoms with Gasteiger partial charge in [0.1, 0.15) is 5.75 Å². The Balaban J connectivity index is 3.04. The molecule has 0 saturated carbocycles. The molecule has 0 bridgehead atoms. The highest BCUT2D eigenvalue weighted by molar-refractivity contribution is 14.1. The quantitative estimate of drug-likeness (QED) is 0.820. The molecule has 1 aromatic rings. The Morgan fingerprint density at radius 2 is 1.94 bits per heavy atom. The maximum Gasteiger partial charge on any atom is 0.257 e. The Labute approximate surface area is 122 Å². The zero-order valence-corrected chi connectivity index (χ0v) is 13.6. The van der Waals surface area contributed by atoms with Crippen LogP contribution in [0.1, 0.15) is 38.1 Å². The van der Waals surface area contributed by atoms with Crippen molar-refractivity contribution in [1.29, 1.82) is 0 Å². The van der Waals surface area contributed by atoms with Crippen molar-refractivity contribution in [2.24, 2.45) is 5.41 Å². The summed E-state index contributed by atoms with van der Waals surface area (Å²) in [5.74, 6) is -0.109. The van der Waals surface area contributed by atoms with Crippen molar-refractivity contribution >= 4 is 28.5 Å². The van der Waals surface area contributed by atoms with Crippen LogP contribution >= 0.6 is 22.6 Å². The molecule has 0 spiro atoms. The molecule has 1 atom stereocenters. The van der Waals surface area contributed by atoms with Crippen LogP contribution < -0.4 is 0 Å². The van der Waals surface area contributed by atoms with Gasteiger partial charge < -0.3 is 10.0 Å². The van der Waals surface area contributed by atoms with E-state index in [1.54, 1.807) is 30.1 Å². The van der Waals surface area contributed by atoms with Crippen molar-refractivity contribution in [3.8, 4) is 5.75 Å². The summed E-state index contributed by atoms with van der Waals surface area (Å²) in [6, 6.07) is 5.14. The minimum Gasteiger partial charge on any atom is -0.507 e. The molecule has 1 rings (SSSR count). The number of carbonyl (C=O) groups excluding carboxylic acids is 1. The van der Waals surface area contributed by atoms with Crippen molar-refractivity contribution in [2.45, 2.75) is 33.7 Å². The van der Waals surface area contributed by atoms with E-state index in [0.29, 0.717) is 5.56 Å². The molecule has 0 radical (unpaired) electrons. The van der Waals surface area contributed by atoms with E-state index in [2.05, 4.69) is 43.4 Å². The van der Waals surface area contributed by atoms with Gasteiger partial charge in [0.15, 0.2) is 0 Å². The normalized spacial score (nSPS) is 13.2. The van der Waals surface area contributed by atoms with Gasteiger partial charge in [-0.15, -0.1) is 0 Å². The van der Waals surface area contributed by atoms with Crippen molar-refractivity contribution in [2.75, 3.05) is 7.05 Å². The van der Waals surface area contributed by atoms with Crippen LogP contribution in [0.25, 0.3) is 0 Å². The van der Waals surface area contributed by atoms with Gasteiger partial charge in [-0.25, -0.2) is 0 Å². The summed E-state index contributed by atoms with van der Waals surface area (Å²) >= 11 is 2.13. The molecular formula is C14H20INO2. The first-order valence-electron chi connectivity index (χ1n) is 5.90. The number of benzene rings is 1. The van der Waals surface area contributed by atoms with Crippen LogP contribution in [0.5, 0.6) is 5.75 Å². The number of phenols is 1. The fourth-order valence-corrected chi connectivity index (χ4v) is 2.12. The molecule has 1 N–H and O–H groups in total. The molecule has 100 valence electrons. The third-order valence-electron chi connectivity index (χ3n) is 3.34. The van der Waals surface area contributed by atoms with Gasteiger partial charge in [0.25, 0.3) is 5.91 Å². The third kappa shape index (κ3) is 3.37. The maximum absolute atomic E-state index is 12.4. The van der Waals surface area contributed by atoms with Crippen molar-refractivity contribution in [1.82, 2.24) is 4.90 Å². The predicted molar refractivity (Wildman–Crippen MR) is 81.8 cm³/mol. The molecule has 1 aromatic carbocycles. The molecule has 0 saturated heterocycles. The van der Waals surface area contributed by atoms with Crippen LogP contribution in [0, 0.1) is 8.99 Å². The highest BCUT2D eigenvalue weighted by Crippen LogP contribution is 2.27. The van der Waals surface area contributed by atoms with Gasteiger partial charge in [0.05, 0.1) is 5.56 Å². The van der Waals surface area contributed by atoms with Crippen molar-refractivity contribution < 1.29 is 9.90 Å². The first kappa shape index (κ1) is 15.3. The Morgan fingerprint density at radius 3 is 2.44 bits per heavy atom. The number of amides is 1. The lowest BCUT2D eigenvalue weighted by Gasteiger charge is -2.35. The van der Waals surface area contributed by atoms with Crippen LogP contribution in [0.15, 0.2) is 18.2 Å². The van der Waals surface area contributed by atoms with Gasteiger partial charge >= 0.3 is 0 Å². The van der Waals surface area contributed by atoms with Gasteiger partial charge in [0, 0.05) is 16.7 Å². The summed E-state index contributed by atoms with van der Waals surface area (Å²) < 4.78 is 0.936. The lowest BCUT2D eigenvalue weighted by atomic mass is 9.87. The van der Waals surface area contributed by atoms with Gasteiger partial charge in [-0.05, 0) is 53.1 Å². The number of hydrogen-bond donors (Lipinski definition) is 1. The monoisotopic (exact) mass is 361 g/mol. The zero-order valence-electron chi connectivity index (χ0n) is 11.5. The number of phenolic OH excluding ortho intramolecular Hbond substituents is 1. The summed E-state index contributed by atoms with van der Waals surface area (Å²) in [4.78, 5) is 14.1. The first-order valence-corrected chi connectivity index (χ1v) is 6.98. The van der Waals surface area contributed by atoms with E-state index in [-0.39, 0.29) is 23.1 Å². The van der Waals surface area contributed by atoms with Gasteiger partial charge in [-0.1, -0.05) is 20.8 Å². The molecule has 4 heteroatoms. The maximum atomic E-state index is 12.4. The average molecular weight is 361 g/mol. The molecule has 1 unspecified atom stereocenters. The molecule has 0 aliphatic rings. The number of carbonyl (C=O) groups is 1. The van der Waals surface area contributed by atoms with E-state index in [9.17, 15) is 9.90 Å². The predicted octanol–water partition coefficient (Wildman–Crippen LogP) is 3.50. The smallest absolute Gasteiger partial charge is 0.257 e. The minimum absolute atomic E-state index is 0.00195.